The lowest BCUT2D eigenvalue weighted by atomic mass is 10.0. The van der Waals surface area contributed by atoms with Gasteiger partial charge in [-0.15, -0.1) is 0 Å². The van der Waals surface area contributed by atoms with Crippen LogP contribution in [0, 0.1) is 5.82 Å². The van der Waals surface area contributed by atoms with E-state index in [1.54, 1.807) is 25.3 Å². The summed E-state index contributed by atoms with van der Waals surface area (Å²) in [5.74, 6) is -0.370. The fourth-order valence-corrected chi connectivity index (χ4v) is 3.20. The van der Waals surface area contributed by atoms with E-state index in [0.29, 0.717) is 33.2 Å². The maximum Gasteiger partial charge on any atom is 0.195 e. The van der Waals surface area contributed by atoms with Crippen molar-refractivity contribution in [2.75, 3.05) is 0 Å². The minimum absolute atomic E-state index is 0.370. The van der Waals surface area contributed by atoms with Gasteiger partial charge in [0, 0.05) is 17.3 Å². The molecule has 0 aliphatic heterocycles. The quantitative estimate of drug-likeness (QED) is 0.376. The topological polar surface area (TPSA) is 59.6 Å². The molecule has 3 rings (SSSR count). The lowest BCUT2D eigenvalue weighted by Gasteiger charge is -2.11. The van der Waals surface area contributed by atoms with E-state index in [4.69, 9.17) is 11.6 Å². The van der Waals surface area contributed by atoms with Crippen molar-refractivity contribution >= 4 is 33.9 Å². The Morgan fingerprint density at radius 3 is 2.73 bits per heavy atom. The Hall–Kier alpha value is -2.12. The summed E-state index contributed by atoms with van der Waals surface area (Å²) in [6.45, 7) is 7.36. The van der Waals surface area contributed by atoms with E-state index in [1.807, 2.05) is 20.8 Å². The molecule has 0 aliphatic carbocycles. The summed E-state index contributed by atoms with van der Waals surface area (Å²) in [4.78, 5) is 4.56. The molecule has 0 bridgehead atoms. The maximum atomic E-state index is 13.7. The van der Waals surface area contributed by atoms with Crippen molar-refractivity contribution in [3.63, 3.8) is 0 Å². The Labute approximate surface area is 158 Å². The number of aromatic nitrogens is 3. The zero-order valence-corrected chi connectivity index (χ0v) is 16.5. The zero-order chi connectivity index (χ0) is 19.1. The summed E-state index contributed by atoms with van der Waals surface area (Å²) < 4.78 is 31.6. The van der Waals surface area contributed by atoms with Gasteiger partial charge < -0.3 is 0 Å². The Morgan fingerprint density at radius 1 is 1.35 bits per heavy atom. The first kappa shape index (κ1) is 18.7. The summed E-state index contributed by atoms with van der Waals surface area (Å²) in [6, 6.07) is 6.13. The third kappa shape index (κ3) is 3.68. The van der Waals surface area contributed by atoms with Gasteiger partial charge in [-0.05, 0) is 39.8 Å². The van der Waals surface area contributed by atoms with Gasteiger partial charge in [0.15, 0.2) is 16.6 Å². The van der Waals surface area contributed by atoms with Gasteiger partial charge in [0.25, 0.3) is 0 Å². The maximum absolute atomic E-state index is 13.7. The Kier molecular flexibility index (Phi) is 4.94. The van der Waals surface area contributed by atoms with Crippen molar-refractivity contribution in [1.29, 1.82) is 0 Å². The van der Waals surface area contributed by atoms with Crippen LogP contribution in [0.25, 0.3) is 16.9 Å². The standard InChI is InChI=1S/C18H18ClFN4OS/c1-11(23-26(25)18(2,3)4)14-10-24-17(15(19)9-21-24)22-16(14)12-6-5-7-13(20)8-12/h5-10H,1-4H3/p+1. The molecule has 0 spiro atoms. The monoisotopic (exact) mass is 393 g/mol. The first-order valence-electron chi connectivity index (χ1n) is 7.99. The van der Waals surface area contributed by atoms with Crippen LogP contribution in [-0.4, -0.2) is 25.1 Å². The third-order valence-corrected chi connectivity index (χ3v) is 5.65. The summed E-state index contributed by atoms with van der Waals surface area (Å²) >= 11 is 6.14. The van der Waals surface area contributed by atoms with Crippen LogP contribution in [0.1, 0.15) is 33.3 Å². The molecule has 0 radical (unpaired) electrons. The highest BCUT2D eigenvalue weighted by atomic mass is 35.5. The predicted octanol–water partition coefficient (Wildman–Crippen LogP) is 4.41. The van der Waals surface area contributed by atoms with Crippen LogP contribution < -0.4 is 0 Å². The fraction of sp³-hybridized carbons (Fsp3) is 0.278. The second kappa shape index (κ2) is 6.89. The molecule has 26 heavy (non-hydrogen) atoms. The van der Waals surface area contributed by atoms with Crippen LogP contribution in [0.4, 0.5) is 4.39 Å². The molecule has 0 N–H and O–H groups in total. The van der Waals surface area contributed by atoms with E-state index in [2.05, 4.69) is 14.5 Å². The molecule has 0 saturated carbocycles. The molecule has 1 unspecified atom stereocenters. The highest BCUT2D eigenvalue weighted by molar-refractivity contribution is 7.85. The molecule has 0 aliphatic rings. The van der Waals surface area contributed by atoms with Gasteiger partial charge in [-0.3, -0.25) is 0 Å². The minimum Gasteiger partial charge on any atom is -0.226 e. The molecule has 0 amide bonds. The van der Waals surface area contributed by atoms with Crippen molar-refractivity contribution in [2.45, 2.75) is 32.4 Å². The molecule has 2 aromatic heterocycles. The lowest BCUT2D eigenvalue weighted by Crippen LogP contribution is -2.20. The second-order valence-electron chi connectivity index (χ2n) is 6.90. The molecular weight excluding hydrogens is 375 g/mol. The fourth-order valence-electron chi connectivity index (χ4n) is 2.34. The van der Waals surface area contributed by atoms with Crippen molar-refractivity contribution in [3.05, 3.63) is 53.1 Å². The molecule has 8 heteroatoms. The SMILES string of the molecule is CC(=N[SH+](=O)C(C)(C)C)c1cn2ncc(Cl)c2nc1-c1cccc(F)c1. The highest BCUT2D eigenvalue weighted by Gasteiger charge is 2.26. The molecule has 3 aromatic rings. The Bertz CT molecular complexity index is 1040. The zero-order valence-electron chi connectivity index (χ0n) is 14.9. The highest BCUT2D eigenvalue weighted by Crippen LogP contribution is 2.27. The molecule has 0 saturated heterocycles. The van der Waals surface area contributed by atoms with Gasteiger partial charge in [0.2, 0.25) is 0 Å². The lowest BCUT2D eigenvalue weighted by molar-refractivity contribution is 0.576. The van der Waals surface area contributed by atoms with Gasteiger partial charge in [-0.2, -0.15) is 5.10 Å². The molecule has 1 aromatic carbocycles. The van der Waals surface area contributed by atoms with Crippen LogP contribution in [0.2, 0.25) is 5.02 Å². The minimum atomic E-state index is -1.83. The summed E-state index contributed by atoms with van der Waals surface area (Å²) in [5, 5.41) is 4.55. The van der Waals surface area contributed by atoms with Gasteiger partial charge in [-0.1, -0.05) is 32.3 Å². The molecule has 1 atom stereocenters. The van der Waals surface area contributed by atoms with E-state index >= 15 is 0 Å². The normalized spacial score (nSPS) is 14.0. The number of hydrogen-bond acceptors (Lipinski definition) is 3. The molecule has 0 fully saturated rings. The number of fused-ring (bicyclic) bond motifs is 1. The van der Waals surface area contributed by atoms with Crippen LogP contribution >= 0.6 is 11.6 Å². The van der Waals surface area contributed by atoms with Crippen LogP contribution in [0.5, 0.6) is 0 Å². The van der Waals surface area contributed by atoms with Crippen LogP contribution in [0.3, 0.4) is 0 Å². The average molecular weight is 394 g/mol. The van der Waals surface area contributed by atoms with E-state index in [0.717, 1.165) is 0 Å². The van der Waals surface area contributed by atoms with Crippen molar-refractivity contribution in [3.8, 4) is 11.3 Å². The number of rotatable bonds is 3. The first-order valence-corrected chi connectivity index (χ1v) is 9.58. The largest absolute Gasteiger partial charge is 0.226 e. The summed E-state index contributed by atoms with van der Waals surface area (Å²) in [5.41, 5.74) is 2.72. The van der Waals surface area contributed by atoms with E-state index in [9.17, 15) is 8.60 Å². The van der Waals surface area contributed by atoms with Crippen LogP contribution in [0.15, 0.2) is 41.1 Å². The van der Waals surface area contributed by atoms with Gasteiger partial charge in [-0.25, -0.2) is 13.9 Å². The predicted molar refractivity (Wildman–Crippen MR) is 105 cm³/mol. The molecular formula is C18H19ClFN4OS+. The summed E-state index contributed by atoms with van der Waals surface area (Å²) in [7, 11) is -1.83. The average Bonchev–Trinajstić information content (AvgIpc) is 2.93. The van der Waals surface area contributed by atoms with Crippen molar-refractivity contribution in [1.82, 2.24) is 14.6 Å². The van der Waals surface area contributed by atoms with Gasteiger partial charge in [0.05, 0.1) is 17.6 Å². The number of halogens is 2. The van der Waals surface area contributed by atoms with Crippen molar-refractivity contribution < 1.29 is 8.60 Å². The second-order valence-corrected chi connectivity index (χ2v) is 9.40. The Morgan fingerprint density at radius 2 is 2.08 bits per heavy atom. The van der Waals surface area contributed by atoms with Crippen LogP contribution in [-0.2, 0) is 15.2 Å². The van der Waals surface area contributed by atoms with Gasteiger partial charge >= 0.3 is 0 Å². The van der Waals surface area contributed by atoms with E-state index in [-0.39, 0.29) is 5.82 Å². The molecule has 2 heterocycles. The van der Waals surface area contributed by atoms with Crippen molar-refractivity contribution in [2.24, 2.45) is 4.40 Å². The third-order valence-electron chi connectivity index (χ3n) is 3.75. The number of hydrogen-bond donors (Lipinski definition) is 0. The van der Waals surface area contributed by atoms with E-state index < -0.39 is 15.7 Å². The number of thiol groups is 1. The first-order chi connectivity index (χ1) is 12.2. The smallest absolute Gasteiger partial charge is 0.195 e. The van der Waals surface area contributed by atoms with Gasteiger partial charge in [0.1, 0.15) is 15.6 Å². The number of nitrogens with zero attached hydrogens (tertiary/aromatic N) is 4. The Balaban J connectivity index is 2.24. The molecule has 5 nitrogen and oxygen atoms in total. The number of benzene rings is 1. The molecule has 136 valence electrons. The summed E-state index contributed by atoms with van der Waals surface area (Å²) in [6.07, 6.45) is 3.21. The van der Waals surface area contributed by atoms with E-state index in [1.165, 1.54) is 22.8 Å².